The van der Waals surface area contributed by atoms with Crippen LogP contribution in [0.5, 0.6) is 0 Å². The summed E-state index contributed by atoms with van der Waals surface area (Å²) in [6.07, 6.45) is 4.43. The average molecular weight is 605 g/mol. The Balaban J connectivity index is 1.16. The van der Waals surface area contributed by atoms with E-state index in [9.17, 15) is 18.0 Å². The van der Waals surface area contributed by atoms with Gasteiger partial charge in [-0.25, -0.2) is 19.7 Å². The van der Waals surface area contributed by atoms with Gasteiger partial charge >= 0.3 is 12.2 Å². The number of urea groups is 1. The van der Waals surface area contributed by atoms with E-state index in [1.165, 1.54) is 6.33 Å². The summed E-state index contributed by atoms with van der Waals surface area (Å²) >= 11 is 0. The van der Waals surface area contributed by atoms with Crippen molar-refractivity contribution in [3.63, 3.8) is 0 Å². The van der Waals surface area contributed by atoms with Gasteiger partial charge in [0.2, 0.25) is 0 Å². The highest BCUT2D eigenvalue weighted by molar-refractivity contribution is 6.03. The number of carbonyl (C=O) groups excluding carboxylic acids is 1. The summed E-state index contributed by atoms with van der Waals surface area (Å²) in [5.41, 5.74) is 9.24. The van der Waals surface area contributed by atoms with Gasteiger partial charge in [-0.3, -0.25) is 9.30 Å². The van der Waals surface area contributed by atoms with Crippen LogP contribution in [-0.2, 0) is 12.7 Å². The highest BCUT2D eigenvalue weighted by Crippen LogP contribution is 2.42. The molecule has 7 rings (SSSR count). The minimum Gasteiger partial charge on any atom is -0.383 e. The van der Waals surface area contributed by atoms with Crippen molar-refractivity contribution in [1.82, 2.24) is 33.7 Å². The first-order valence-corrected chi connectivity index (χ1v) is 14.4. The molecule has 0 bridgehead atoms. The summed E-state index contributed by atoms with van der Waals surface area (Å²) < 4.78 is 45.3. The van der Waals surface area contributed by atoms with Gasteiger partial charge in [0.1, 0.15) is 17.8 Å². The number of alkyl halides is 3. The highest BCUT2D eigenvalue weighted by atomic mass is 19.4. The number of nitrogens with zero attached hydrogens (tertiary/aromatic N) is 7. The molecular weight excluding hydrogens is 573 g/mol. The van der Waals surface area contributed by atoms with E-state index in [0.717, 1.165) is 73.4 Å². The smallest absolute Gasteiger partial charge is 0.383 e. The van der Waals surface area contributed by atoms with Crippen LogP contribution in [0.2, 0.25) is 0 Å². The molecule has 0 spiro atoms. The Hall–Kier alpha value is -4.69. The molecule has 0 radical (unpaired) electrons. The minimum atomic E-state index is -4.56. The van der Waals surface area contributed by atoms with Gasteiger partial charge in [0.05, 0.1) is 22.3 Å². The van der Waals surface area contributed by atoms with Gasteiger partial charge in [-0.1, -0.05) is 0 Å². The van der Waals surface area contributed by atoms with Crippen molar-refractivity contribution in [3.05, 3.63) is 66.4 Å². The predicted molar refractivity (Wildman–Crippen MR) is 161 cm³/mol. The van der Waals surface area contributed by atoms with E-state index in [1.54, 1.807) is 24.5 Å². The number of pyridine rings is 1. The molecule has 1 saturated heterocycles. The number of halogens is 3. The summed E-state index contributed by atoms with van der Waals surface area (Å²) in [5, 5.41) is 6.09. The third-order valence-electron chi connectivity index (χ3n) is 8.23. The zero-order valence-corrected chi connectivity index (χ0v) is 24.0. The van der Waals surface area contributed by atoms with Crippen molar-refractivity contribution in [2.75, 3.05) is 49.6 Å². The van der Waals surface area contributed by atoms with Crippen molar-refractivity contribution < 1.29 is 18.0 Å². The molecule has 5 heterocycles. The third-order valence-corrected chi connectivity index (χ3v) is 8.23. The molecule has 11 nitrogen and oxygen atoms in total. The molecule has 44 heavy (non-hydrogen) atoms. The molecule has 1 aliphatic carbocycles. The second-order valence-electron chi connectivity index (χ2n) is 11.5. The molecule has 2 fully saturated rings. The van der Waals surface area contributed by atoms with Crippen LogP contribution in [0, 0.1) is 0 Å². The van der Waals surface area contributed by atoms with Crippen molar-refractivity contribution >= 4 is 39.9 Å². The van der Waals surface area contributed by atoms with E-state index in [1.807, 2.05) is 23.7 Å². The van der Waals surface area contributed by atoms with Crippen LogP contribution in [0.3, 0.4) is 0 Å². The first-order valence-electron chi connectivity index (χ1n) is 14.4. The maximum atomic E-state index is 13.8. The monoisotopic (exact) mass is 604 g/mol. The fourth-order valence-electron chi connectivity index (χ4n) is 5.83. The number of likely N-dealkylation sites (N-methyl/N-ethyl adjacent to an activating group) is 1. The molecule has 0 unspecified atom stereocenters. The number of rotatable bonds is 6. The number of imidazole rings is 1. The average Bonchev–Trinajstić information content (AvgIpc) is 3.56. The standard InChI is InChI=1S/C30H31F3N10O/c1-40-8-10-41(11-9-40)15-18-12-19(30(31,32)33)14-20(13-18)38-29(44)39-23-4-5-24(42-7-6-35-27(23)42)22-16-43(21-2-3-21)28-25(22)26(34)36-17-37-28/h4-7,12-14,16-17,21H,2-3,8-11,15H2,1H3,(H2,34,36,37)(H2,38,39,44). The Morgan fingerprint density at radius 2 is 1.82 bits per heavy atom. The van der Waals surface area contributed by atoms with Gasteiger partial charge in [0, 0.05) is 68.6 Å². The number of nitrogens with two attached hydrogens (primary N) is 1. The van der Waals surface area contributed by atoms with Crippen LogP contribution in [-0.4, -0.2) is 73.0 Å². The number of benzene rings is 1. The van der Waals surface area contributed by atoms with Crippen molar-refractivity contribution in [1.29, 1.82) is 0 Å². The van der Waals surface area contributed by atoms with Gasteiger partial charge in [-0.2, -0.15) is 13.2 Å². The molecule has 228 valence electrons. The van der Waals surface area contributed by atoms with Gasteiger partial charge in [0.25, 0.3) is 0 Å². The molecule has 5 aromatic rings. The Kier molecular flexibility index (Phi) is 6.89. The van der Waals surface area contributed by atoms with E-state index >= 15 is 0 Å². The molecule has 1 saturated carbocycles. The molecule has 1 aromatic carbocycles. The van der Waals surface area contributed by atoms with Crippen molar-refractivity contribution in [3.8, 4) is 11.3 Å². The van der Waals surface area contributed by atoms with Gasteiger partial charge in [0.15, 0.2) is 5.65 Å². The number of amides is 2. The summed E-state index contributed by atoms with van der Waals surface area (Å²) in [5.74, 6) is 0.368. The Morgan fingerprint density at radius 3 is 2.57 bits per heavy atom. The van der Waals surface area contributed by atoms with Gasteiger partial charge < -0.3 is 25.8 Å². The topological polar surface area (TPSA) is 122 Å². The van der Waals surface area contributed by atoms with E-state index in [-0.39, 0.29) is 5.69 Å². The third kappa shape index (κ3) is 5.42. The second-order valence-corrected chi connectivity index (χ2v) is 11.5. The number of carbonyl (C=O) groups is 1. The Bertz CT molecular complexity index is 1870. The van der Waals surface area contributed by atoms with Crippen LogP contribution in [0.25, 0.3) is 27.9 Å². The van der Waals surface area contributed by atoms with Crippen LogP contribution in [0.15, 0.2) is 55.2 Å². The summed E-state index contributed by atoms with van der Waals surface area (Å²) in [6.45, 7) is 3.56. The van der Waals surface area contributed by atoms with Crippen LogP contribution in [0.1, 0.15) is 30.0 Å². The van der Waals surface area contributed by atoms with E-state index in [2.05, 4.69) is 40.0 Å². The van der Waals surface area contributed by atoms with E-state index in [0.29, 0.717) is 35.3 Å². The lowest BCUT2D eigenvalue weighted by Crippen LogP contribution is -2.43. The number of hydrogen-bond donors (Lipinski definition) is 3. The number of hydrogen-bond acceptors (Lipinski definition) is 7. The zero-order chi connectivity index (χ0) is 30.6. The zero-order valence-electron chi connectivity index (χ0n) is 24.0. The number of nitrogen functional groups attached to an aromatic ring is 1. The number of anilines is 3. The van der Waals surface area contributed by atoms with E-state index in [4.69, 9.17) is 5.73 Å². The quantitative estimate of drug-likeness (QED) is 0.247. The predicted octanol–water partition coefficient (Wildman–Crippen LogP) is 5.07. The van der Waals surface area contributed by atoms with Crippen LogP contribution >= 0.6 is 0 Å². The first-order chi connectivity index (χ1) is 21.1. The van der Waals surface area contributed by atoms with Gasteiger partial charge in [-0.05, 0) is 55.8 Å². The fourth-order valence-corrected chi connectivity index (χ4v) is 5.83. The molecule has 2 aliphatic rings. The number of piperazine rings is 1. The number of fused-ring (bicyclic) bond motifs is 2. The molecule has 14 heteroatoms. The fraction of sp³-hybridized carbons (Fsp3) is 0.333. The lowest BCUT2D eigenvalue weighted by molar-refractivity contribution is -0.137. The maximum absolute atomic E-state index is 13.8. The molecule has 1 aliphatic heterocycles. The molecule has 4 aromatic heterocycles. The number of aromatic nitrogens is 5. The molecule has 4 N–H and O–H groups in total. The highest BCUT2D eigenvalue weighted by Gasteiger charge is 2.32. The summed E-state index contributed by atoms with van der Waals surface area (Å²) in [4.78, 5) is 30.5. The lowest BCUT2D eigenvalue weighted by Gasteiger charge is -2.32. The largest absolute Gasteiger partial charge is 0.416 e. The van der Waals surface area contributed by atoms with Crippen molar-refractivity contribution in [2.45, 2.75) is 31.6 Å². The Morgan fingerprint density at radius 1 is 1.02 bits per heavy atom. The Labute approximate surface area is 250 Å². The molecule has 0 atom stereocenters. The van der Waals surface area contributed by atoms with Crippen LogP contribution < -0.4 is 16.4 Å². The number of nitrogens with one attached hydrogen (secondary N) is 2. The summed E-state index contributed by atoms with van der Waals surface area (Å²) in [7, 11) is 2.02. The SMILES string of the molecule is CN1CCN(Cc2cc(NC(=O)Nc3ccc(-c4cn(C5CC5)c5ncnc(N)c45)n4ccnc34)cc(C(F)(F)F)c2)CC1. The maximum Gasteiger partial charge on any atom is 0.416 e. The van der Waals surface area contributed by atoms with Gasteiger partial charge in [-0.15, -0.1) is 0 Å². The first kappa shape index (κ1) is 28.1. The minimum absolute atomic E-state index is 0.0563. The van der Waals surface area contributed by atoms with Crippen molar-refractivity contribution in [2.24, 2.45) is 0 Å². The normalized spacial score (nSPS) is 16.5. The molecular formula is C30H31F3N10O. The second kappa shape index (κ2) is 10.8. The summed E-state index contributed by atoms with van der Waals surface area (Å²) in [6, 6.07) is 6.90. The van der Waals surface area contributed by atoms with Crippen LogP contribution in [0.4, 0.5) is 35.2 Å². The van der Waals surface area contributed by atoms with E-state index < -0.39 is 17.8 Å². The lowest BCUT2D eigenvalue weighted by atomic mass is 10.1. The molecule has 2 amide bonds.